The van der Waals surface area contributed by atoms with Gasteiger partial charge in [0.05, 0.1) is 5.52 Å². The number of nitrogens with zero attached hydrogens (tertiary/aromatic N) is 2. The first kappa shape index (κ1) is 14.1. The van der Waals surface area contributed by atoms with E-state index >= 15 is 0 Å². The molecule has 0 saturated heterocycles. The topological polar surface area (TPSA) is 87.8 Å². The first-order valence-electron chi connectivity index (χ1n) is 6.88. The Morgan fingerprint density at radius 2 is 1.95 bits per heavy atom. The third kappa shape index (κ3) is 2.92. The summed E-state index contributed by atoms with van der Waals surface area (Å²) in [6.07, 6.45) is 1.76. The summed E-state index contributed by atoms with van der Waals surface area (Å²) in [5.74, 6) is 6.08. The van der Waals surface area contributed by atoms with Gasteiger partial charge in [-0.15, -0.1) is 0 Å². The number of hydrogen-bond acceptors (Lipinski definition) is 4. The third-order valence-corrected chi connectivity index (χ3v) is 3.19. The van der Waals surface area contributed by atoms with Gasteiger partial charge >= 0.3 is 0 Å². The van der Waals surface area contributed by atoms with Gasteiger partial charge in [0, 0.05) is 17.1 Å². The molecule has 0 unspecified atom stereocenters. The van der Waals surface area contributed by atoms with Crippen LogP contribution in [0.3, 0.4) is 0 Å². The summed E-state index contributed by atoms with van der Waals surface area (Å²) in [5.41, 5.74) is 8.31. The molecule has 3 aromatic rings. The van der Waals surface area contributed by atoms with Gasteiger partial charge in [0.1, 0.15) is 11.3 Å². The van der Waals surface area contributed by atoms with Crippen LogP contribution in [-0.4, -0.2) is 25.9 Å². The fourth-order valence-corrected chi connectivity index (χ4v) is 2.07. The number of benzene rings is 1. The Labute approximate surface area is 128 Å². The lowest BCUT2D eigenvalue weighted by atomic mass is 10.1. The number of pyridine rings is 1. The Hall–Kier alpha value is -2.84. The summed E-state index contributed by atoms with van der Waals surface area (Å²) in [6, 6.07) is 9.68. The van der Waals surface area contributed by atoms with Crippen LogP contribution in [0, 0.1) is 11.8 Å². The van der Waals surface area contributed by atoms with Gasteiger partial charge in [0.15, 0.2) is 5.82 Å². The Bertz CT molecular complexity index is 877. The van der Waals surface area contributed by atoms with E-state index in [9.17, 15) is 5.11 Å². The van der Waals surface area contributed by atoms with Crippen LogP contribution in [0.25, 0.3) is 22.0 Å². The van der Waals surface area contributed by atoms with Crippen LogP contribution in [0.1, 0.15) is 19.5 Å². The van der Waals surface area contributed by atoms with E-state index in [0.717, 1.165) is 22.0 Å². The second-order valence-electron chi connectivity index (χ2n) is 5.61. The van der Waals surface area contributed by atoms with Crippen LogP contribution in [-0.2, 0) is 0 Å². The smallest absolute Gasteiger partial charge is 0.153 e. The van der Waals surface area contributed by atoms with Crippen LogP contribution in [0.15, 0.2) is 36.5 Å². The van der Waals surface area contributed by atoms with Crippen molar-refractivity contribution < 1.29 is 5.11 Å². The second kappa shape index (κ2) is 5.17. The summed E-state index contributed by atoms with van der Waals surface area (Å²) >= 11 is 0. The quantitative estimate of drug-likeness (QED) is 0.601. The summed E-state index contributed by atoms with van der Waals surface area (Å²) in [4.78, 5) is 4.31. The minimum atomic E-state index is -1.02. The molecule has 22 heavy (non-hydrogen) atoms. The highest BCUT2D eigenvalue weighted by atomic mass is 16.3. The molecule has 2 heterocycles. The van der Waals surface area contributed by atoms with Crippen molar-refractivity contribution in [3.8, 4) is 23.0 Å². The average Bonchev–Trinajstić information content (AvgIpc) is 2.86. The lowest BCUT2D eigenvalue weighted by Crippen LogP contribution is -2.14. The van der Waals surface area contributed by atoms with E-state index in [4.69, 9.17) is 5.73 Å². The molecule has 4 N–H and O–H groups in total. The number of H-pyrrole nitrogens is 1. The van der Waals surface area contributed by atoms with Gasteiger partial charge in [-0.25, -0.2) is 4.98 Å². The fraction of sp³-hybridized carbons (Fsp3) is 0.176. The number of anilines is 1. The van der Waals surface area contributed by atoms with Crippen molar-refractivity contribution in [2.24, 2.45) is 0 Å². The SMILES string of the molecule is CC(C)(O)C#Cc1ccc(-c2ccc3[nH]nc(N)c3c2)cn1. The lowest BCUT2D eigenvalue weighted by molar-refractivity contribution is 0.143. The fourth-order valence-electron chi connectivity index (χ4n) is 2.07. The lowest BCUT2D eigenvalue weighted by Gasteiger charge is -2.06. The second-order valence-corrected chi connectivity index (χ2v) is 5.61. The van der Waals surface area contributed by atoms with E-state index in [1.165, 1.54) is 0 Å². The van der Waals surface area contributed by atoms with Gasteiger partial charge in [-0.3, -0.25) is 5.10 Å². The highest BCUT2D eigenvalue weighted by molar-refractivity contribution is 5.92. The van der Waals surface area contributed by atoms with Crippen molar-refractivity contribution >= 4 is 16.7 Å². The van der Waals surface area contributed by atoms with Crippen molar-refractivity contribution in [1.82, 2.24) is 15.2 Å². The number of aromatic amines is 1. The molecule has 0 fully saturated rings. The maximum Gasteiger partial charge on any atom is 0.153 e. The van der Waals surface area contributed by atoms with Crippen molar-refractivity contribution in [3.05, 3.63) is 42.2 Å². The summed E-state index contributed by atoms with van der Waals surface area (Å²) < 4.78 is 0. The average molecular weight is 292 g/mol. The first-order valence-corrected chi connectivity index (χ1v) is 6.88. The summed E-state index contributed by atoms with van der Waals surface area (Å²) in [6.45, 7) is 3.28. The third-order valence-electron chi connectivity index (χ3n) is 3.19. The predicted octanol–water partition coefficient (Wildman–Crippen LogP) is 2.33. The molecule has 3 rings (SSSR count). The molecule has 0 bridgehead atoms. The van der Waals surface area contributed by atoms with Crippen LogP contribution in [0.5, 0.6) is 0 Å². The van der Waals surface area contributed by atoms with Crippen LogP contribution >= 0.6 is 0 Å². The van der Waals surface area contributed by atoms with Crippen LogP contribution in [0.4, 0.5) is 5.82 Å². The molecule has 1 aromatic carbocycles. The normalized spacial score (nSPS) is 11.2. The molecule has 0 spiro atoms. The van der Waals surface area contributed by atoms with Crippen molar-refractivity contribution in [1.29, 1.82) is 0 Å². The molecule has 0 saturated carbocycles. The molecule has 0 atom stereocenters. The largest absolute Gasteiger partial charge is 0.382 e. The predicted molar refractivity (Wildman–Crippen MR) is 86.9 cm³/mol. The van der Waals surface area contributed by atoms with E-state index in [1.54, 1.807) is 20.0 Å². The van der Waals surface area contributed by atoms with Crippen molar-refractivity contribution in [3.63, 3.8) is 0 Å². The molecule has 2 aromatic heterocycles. The molecule has 0 radical (unpaired) electrons. The highest BCUT2D eigenvalue weighted by Gasteiger charge is 2.07. The molecular formula is C17H16N4O. The zero-order chi connectivity index (χ0) is 15.7. The van der Waals surface area contributed by atoms with Gasteiger partial charge in [-0.1, -0.05) is 18.1 Å². The zero-order valence-corrected chi connectivity index (χ0v) is 12.4. The molecule has 0 amide bonds. The van der Waals surface area contributed by atoms with E-state index in [0.29, 0.717) is 11.5 Å². The monoisotopic (exact) mass is 292 g/mol. The number of fused-ring (bicyclic) bond motifs is 1. The summed E-state index contributed by atoms with van der Waals surface area (Å²) in [5, 5.41) is 17.3. The minimum absolute atomic E-state index is 0.484. The van der Waals surface area contributed by atoms with Crippen LogP contribution < -0.4 is 5.73 Å². The van der Waals surface area contributed by atoms with Gasteiger partial charge in [-0.2, -0.15) is 5.10 Å². The Kier molecular flexibility index (Phi) is 3.32. The molecule has 0 aliphatic rings. The minimum Gasteiger partial charge on any atom is -0.382 e. The Morgan fingerprint density at radius 3 is 2.64 bits per heavy atom. The van der Waals surface area contributed by atoms with Gasteiger partial charge in [-0.05, 0) is 43.5 Å². The van der Waals surface area contributed by atoms with E-state index < -0.39 is 5.60 Å². The van der Waals surface area contributed by atoms with Crippen LogP contribution in [0.2, 0.25) is 0 Å². The number of hydrogen-bond donors (Lipinski definition) is 3. The number of aromatic nitrogens is 3. The standard InChI is InChI=1S/C17H16N4O/c1-17(2,22)8-7-13-5-3-12(10-19-13)11-4-6-15-14(9-11)16(18)21-20-15/h3-6,9-10,22H,1-2H3,(H3,18,20,21). The highest BCUT2D eigenvalue weighted by Crippen LogP contribution is 2.25. The first-order chi connectivity index (χ1) is 10.4. The van der Waals surface area contributed by atoms with E-state index in [2.05, 4.69) is 27.0 Å². The van der Waals surface area contributed by atoms with E-state index in [1.807, 2.05) is 30.3 Å². The zero-order valence-electron chi connectivity index (χ0n) is 12.4. The molecule has 5 heteroatoms. The Balaban J connectivity index is 1.93. The molecule has 110 valence electrons. The maximum absolute atomic E-state index is 9.60. The molecule has 0 aliphatic carbocycles. The molecular weight excluding hydrogens is 276 g/mol. The number of nitrogen functional groups attached to an aromatic ring is 1. The number of nitrogens with two attached hydrogens (primary N) is 1. The van der Waals surface area contributed by atoms with Gasteiger partial charge in [0.2, 0.25) is 0 Å². The van der Waals surface area contributed by atoms with Crippen molar-refractivity contribution in [2.45, 2.75) is 19.4 Å². The summed E-state index contributed by atoms with van der Waals surface area (Å²) in [7, 11) is 0. The van der Waals surface area contributed by atoms with Gasteiger partial charge in [0.25, 0.3) is 0 Å². The maximum atomic E-state index is 9.60. The number of aliphatic hydroxyl groups is 1. The van der Waals surface area contributed by atoms with Crippen molar-refractivity contribution in [2.75, 3.05) is 5.73 Å². The molecule has 0 aliphatic heterocycles. The number of rotatable bonds is 1. The molecule has 5 nitrogen and oxygen atoms in total. The number of nitrogens with one attached hydrogen (secondary N) is 1. The van der Waals surface area contributed by atoms with Gasteiger partial charge < -0.3 is 10.8 Å². The Morgan fingerprint density at radius 1 is 1.18 bits per heavy atom. The van der Waals surface area contributed by atoms with E-state index in [-0.39, 0.29) is 0 Å².